The van der Waals surface area contributed by atoms with E-state index in [4.69, 9.17) is 4.74 Å². The predicted molar refractivity (Wildman–Crippen MR) is 74.9 cm³/mol. The van der Waals surface area contributed by atoms with Crippen molar-refractivity contribution in [3.8, 4) is 5.75 Å². The van der Waals surface area contributed by atoms with Crippen molar-refractivity contribution in [2.75, 3.05) is 0 Å². The third-order valence-corrected chi connectivity index (χ3v) is 4.56. The molecule has 0 saturated carbocycles. The molecule has 0 aliphatic carbocycles. The molecule has 0 spiro atoms. The van der Waals surface area contributed by atoms with Crippen LogP contribution in [0.5, 0.6) is 5.75 Å². The Balaban J connectivity index is 2.21. The van der Waals surface area contributed by atoms with E-state index in [0.717, 1.165) is 0 Å². The molecule has 107 valence electrons. The first-order chi connectivity index (χ1) is 9.88. The van der Waals surface area contributed by atoms with E-state index < -0.39 is 17.7 Å². The van der Waals surface area contributed by atoms with Crippen molar-refractivity contribution in [2.24, 2.45) is 0 Å². The summed E-state index contributed by atoms with van der Waals surface area (Å²) in [5.74, 6) is -5.13. The fraction of sp³-hybridized carbons (Fsp3) is 0.200. The molecule has 1 aliphatic heterocycles. The first-order valence-corrected chi connectivity index (χ1v) is 7.37. The van der Waals surface area contributed by atoms with Crippen LogP contribution < -0.4 is 9.13 Å². The molecule has 6 heteroatoms. The summed E-state index contributed by atoms with van der Waals surface area (Å²) in [5, 5.41) is 41.7. The summed E-state index contributed by atoms with van der Waals surface area (Å²) in [6.07, 6.45) is -1.70. The molecule has 2 atom stereocenters. The molecule has 0 saturated heterocycles. The number of aliphatic hydroxyl groups is 4. The third kappa shape index (κ3) is 2.01. The summed E-state index contributed by atoms with van der Waals surface area (Å²) >= 11 is 1.72. The van der Waals surface area contributed by atoms with Crippen LogP contribution in [-0.2, 0) is 5.79 Å². The summed E-state index contributed by atoms with van der Waals surface area (Å²) in [4.78, 5) is 0. The number of hydrogen-bond donors (Lipinski definition) is 4. The van der Waals surface area contributed by atoms with Gasteiger partial charge in [-0.3, -0.25) is 0 Å². The summed E-state index contributed by atoms with van der Waals surface area (Å²) in [7, 11) is 0. The zero-order valence-corrected chi connectivity index (χ0v) is 13.0. The molecule has 2 unspecified atom stereocenters. The summed E-state index contributed by atoms with van der Waals surface area (Å²) in [6.45, 7) is 0. The van der Waals surface area contributed by atoms with Crippen LogP contribution in [0.4, 0.5) is 0 Å². The van der Waals surface area contributed by atoms with Crippen LogP contribution in [0.2, 0.25) is 0 Å². The van der Waals surface area contributed by atoms with Crippen LogP contribution in [0.3, 0.4) is 0 Å². The second-order valence-electron chi connectivity index (χ2n) is 4.96. The van der Waals surface area contributed by atoms with Gasteiger partial charge in [-0.15, -0.1) is 0 Å². The van der Waals surface area contributed by atoms with Gasteiger partial charge in [-0.05, 0) is 0 Å². The fourth-order valence-electron chi connectivity index (χ4n) is 2.47. The fourth-order valence-corrected chi connectivity index (χ4v) is 3.22. The third-order valence-electron chi connectivity index (χ3n) is 3.64. The number of benzene rings is 2. The van der Waals surface area contributed by atoms with Gasteiger partial charge in [0.1, 0.15) is 0 Å². The molecule has 21 heavy (non-hydrogen) atoms. The van der Waals surface area contributed by atoms with Gasteiger partial charge in [0.05, 0.1) is 0 Å². The second kappa shape index (κ2) is 4.82. The van der Waals surface area contributed by atoms with Gasteiger partial charge in [-0.25, -0.2) is 0 Å². The van der Waals surface area contributed by atoms with Crippen molar-refractivity contribution < 1.29 is 25.2 Å². The Bertz CT molecular complexity index is 673. The van der Waals surface area contributed by atoms with E-state index in [9.17, 15) is 20.4 Å². The first kappa shape index (κ1) is 14.6. The summed E-state index contributed by atoms with van der Waals surface area (Å²) in [5.41, 5.74) is 0.393. The summed E-state index contributed by atoms with van der Waals surface area (Å²) < 4.78 is 6.11. The number of rotatable bonds is 1. The molecule has 1 aliphatic rings. The van der Waals surface area contributed by atoms with Crippen molar-refractivity contribution in [3.05, 3.63) is 59.7 Å². The first-order valence-electron chi connectivity index (χ1n) is 6.32. The maximum atomic E-state index is 10.7. The normalized spacial score (nSPS) is 26.8. The van der Waals surface area contributed by atoms with Crippen molar-refractivity contribution in [2.45, 2.75) is 17.7 Å². The molecule has 4 N–H and O–H groups in total. The maximum absolute atomic E-state index is 10.7. The average Bonchev–Trinajstić information content (AvgIpc) is 2.46. The number of hydrogen-bond acceptors (Lipinski definition) is 5. The van der Waals surface area contributed by atoms with Crippen molar-refractivity contribution in [1.82, 2.24) is 0 Å². The topological polar surface area (TPSA) is 90.2 Å². The van der Waals surface area contributed by atoms with Gasteiger partial charge < -0.3 is 0 Å². The van der Waals surface area contributed by atoms with Gasteiger partial charge in [0, 0.05) is 0 Å². The SMILES string of the molecule is OC1c2[c]([Ge])cccc2OC(O)(c2ccccc2)C1(O)O. The summed E-state index contributed by atoms with van der Waals surface area (Å²) in [6, 6.07) is 13.0. The van der Waals surface area contributed by atoms with Gasteiger partial charge in [0.2, 0.25) is 0 Å². The van der Waals surface area contributed by atoms with E-state index >= 15 is 0 Å². The Morgan fingerprint density at radius 2 is 1.62 bits per heavy atom. The van der Waals surface area contributed by atoms with Crippen molar-refractivity contribution in [1.29, 1.82) is 0 Å². The van der Waals surface area contributed by atoms with E-state index in [1.165, 1.54) is 12.1 Å². The Hall–Kier alpha value is -1.38. The standard InChI is InChI=1S/C15H13GeO5/c16-10-7-4-8-11-12(10)13(17)14(18,19)15(20,21-11)9-5-2-1-3-6-9/h1-8,13,17-20H. The quantitative estimate of drug-likeness (QED) is 0.410. The predicted octanol–water partition coefficient (Wildman–Crippen LogP) is -0.568. The van der Waals surface area contributed by atoms with Crippen LogP contribution in [0, 0.1) is 0 Å². The molecule has 0 fully saturated rings. The number of aliphatic hydroxyl groups excluding tert-OH is 1. The van der Waals surface area contributed by atoms with Crippen molar-refractivity contribution >= 4 is 20.9 Å². The molecule has 3 radical (unpaired) electrons. The van der Waals surface area contributed by atoms with E-state index in [-0.39, 0.29) is 16.9 Å². The van der Waals surface area contributed by atoms with Crippen LogP contribution in [0.1, 0.15) is 17.2 Å². The number of ether oxygens (including phenoxy) is 1. The molecular formula is C15H13GeO5. The monoisotopic (exact) mass is 347 g/mol. The molecule has 1 heterocycles. The van der Waals surface area contributed by atoms with Crippen LogP contribution in [-0.4, -0.2) is 42.7 Å². The molecule has 0 aromatic heterocycles. The van der Waals surface area contributed by atoms with Crippen molar-refractivity contribution in [3.63, 3.8) is 0 Å². The van der Waals surface area contributed by atoms with Gasteiger partial charge in [-0.1, -0.05) is 0 Å². The molecule has 5 nitrogen and oxygen atoms in total. The molecule has 2 aromatic rings. The molecule has 0 amide bonds. The van der Waals surface area contributed by atoms with Gasteiger partial charge in [0.15, 0.2) is 0 Å². The minimum absolute atomic E-state index is 0.140. The minimum atomic E-state index is -2.88. The Morgan fingerprint density at radius 3 is 2.29 bits per heavy atom. The molecule has 2 aromatic carbocycles. The molecular weight excluding hydrogens is 333 g/mol. The Morgan fingerprint density at radius 1 is 0.952 bits per heavy atom. The Labute approximate surface area is 129 Å². The Kier molecular flexibility index (Phi) is 3.34. The van der Waals surface area contributed by atoms with E-state index in [1.54, 1.807) is 52.9 Å². The zero-order valence-electron chi connectivity index (χ0n) is 10.9. The van der Waals surface area contributed by atoms with Gasteiger partial charge in [0.25, 0.3) is 0 Å². The zero-order chi connectivity index (χ0) is 15.3. The van der Waals surface area contributed by atoms with E-state index in [0.29, 0.717) is 4.40 Å². The number of fused-ring (bicyclic) bond motifs is 1. The average molecular weight is 346 g/mol. The molecule has 0 bridgehead atoms. The second-order valence-corrected chi connectivity index (χ2v) is 6.09. The van der Waals surface area contributed by atoms with Crippen LogP contribution in [0.25, 0.3) is 0 Å². The van der Waals surface area contributed by atoms with Crippen LogP contribution in [0.15, 0.2) is 48.5 Å². The van der Waals surface area contributed by atoms with Gasteiger partial charge >= 0.3 is 129 Å². The van der Waals surface area contributed by atoms with Gasteiger partial charge in [-0.2, -0.15) is 0 Å². The van der Waals surface area contributed by atoms with Crippen LogP contribution >= 0.6 is 0 Å². The molecule has 3 rings (SSSR count). The van der Waals surface area contributed by atoms with E-state index in [2.05, 4.69) is 0 Å². The van der Waals surface area contributed by atoms with E-state index in [1.807, 2.05) is 0 Å².